The predicted octanol–water partition coefficient (Wildman–Crippen LogP) is 0.814. The summed E-state index contributed by atoms with van der Waals surface area (Å²) in [7, 11) is 5.51. The van der Waals surface area contributed by atoms with E-state index in [1.165, 1.54) is 30.8 Å². The van der Waals surface area contributed by atoms with Crippen molar-refractivity contribution >= 4 is 11.9 Å². The molecule has 0 bridgehead atoms. The number of ether oxygens (including phenoxy) is 1. The van der Waals surface area contributed by atoms with Crippen LogP contribution in [-0.4, -0.2) is 86.5 Å². The van der Waals surface area contributed by atoms with Gasteiger partial charge in [-0.2, -0.15) is 0 Å². The first kappa shape index (κ1) is 18.2. The molecule has 132 valence electrons. The van der Waals surface area contributed by atoms with Crippen LogP contribution >= 0.6 is 0 Å². The Labute approximate surface area is 139 Å². The fraction of sp³-hybridized carbons (Fsp3) is 0.882. The molecule has 2 heterocycles. The average Bonchev–Trinajstić information content (AvgIpc) is 2.54. The molecule has 0 aromatic carbocycles. The summed E-state index contributed by atoms with van der Waals surface area (Å²) >= 11 is 0. The van der Waals surface area contributed by atoms with Crippen LogP contribution in [0.2, 0.25) is 0 Å². The number of hydrogen-bond donors (Lipinski definition) is 0. The maximum absolute atomic E-state index is 11.8. The average molecular weight is 325 g/mol. The van der Waals surface area contributed by atoms with Crippen LogP contribution in [0.25, 0.3) is 0 Å². The number of carbonyl (C=O) groups is 2. The molecule has 0 saturated carbocycles. The van der Waals surface area contributed by atoms with Gasteiger partial charge in [-0.25, -0.2) is 0 Å². The van der Waals surface area contributed by atoms with Gasteiger partial charge in [-0.05, 0) is 64.8 Å². The lowest BCUT2D eigenvalue weighted by Crippen LogP contribution is -2.47. The van der Waals surface area contributed by atoms with Crippen molar-refractivity contribution in [1.82, 2.24) is 14.7 Å². The zero-order chi connectivity index (χ0) is 16.8. The first-order valence-corrected chi connectivity index (χ1v) is 8.74. The first-order chi connectivity index (χ1) is 11.0. The van der Waals surface area contributed by atoms with Crippen LogP contribution < -0.4 is 0 Å². The number of likely N-dealkylation sites (N-methyl/N-ethyl adjacent to an activating group) is 1. The topological polar surface area (TPSA) is 53.1 Å². The molecule has 0 aliphatic carbocycles. The Kier molecular flexibility index (Phi) is 6.84. The maximum Gasteiger partial charge on any atom is 0.306 e. The van der Waals surface area contributed by atoms with Gasteiger partial charge in [-0.1, -0.05) is 0 Å². The van der Waals surface area contributed by atoms with Gasteiger partial charge in [0.15, 0.2) is 6.61 Å². The Morgan fingerprint density at radius 2 is 1.65 bits per heavy atom. The van der Waals surface area contributed by atoms with Crippen molar-refractivity contribution in [1.29, 1.82) is 0 Å². The van der Waals surface area contributed by atoms with Crippen LogP contribution in [0.5, 0.6) is 0 Å². The van der Waals surface area contributed by atoms with Crippen molar-refractivity contribution in [2.45, 2.75) is 38.1 Å². The third-order valence-electron chi connectivity index (χ3n) is 5.16. The molecule has 0 radical (unpaired) electrons. The minimum absolute atomic E-state index is 0.139. The lowest BCUT2D eigenvalue weighted by Gasteiger charge is -2.41. The highest BCUT2D eigenvalue weighted by Gasteiger charge is 2.28. The Morgan fingerprint density at radius 1 is 1.04 bits per heavy atom. The van der Waals surface area contributed by atoms with Gasteiger partial charge in [0.2, 0.25) is 0 Å². The number of nitrogens with zero attached hydrogens (tertiary/aromatic N) is 3. The number of carbonyl (C=O) groups excluding carboxylic acids is 2. The van der Waals surface area contributed by atoms with Crippen molar-refractivity contribution in [3.63, 3.8) is 0 Å². The molecule has 23 heavy (non-hydrogen) atoms. The minimum atomic E-state index is -0.238. The largest absolute Gasteiger partial charge is 0.456 e. The van der Waals surface area contributed by atoms with Crippen molar-refractivity contribution < 1.29 is 14.3 Å². The summed E-state index contributed by atoms with van der Waals surface area (Å²) in [5, 5.41) is 0. The van der Waals surface area contributed by atoms with Gasteiger partial charge in [-0.3, -0.25) is 9.59 Å². The number of piperidine rings is 2. The molecule has 0 atom stereocenters. The third kappa shape index (κ3) is 5.77. The number of amides is 1. The summed E-state index contributed by atoms with van der Waals surface area (Å²) in [5.41, 5.74) is 0. The van der Waals surface area contributed by atoms with Gasteiger partial charge in [0, 0.05) is 26.6 Å². The van der Waals surface area contributed by atoms with Crippen LogP contribution in [-0.2, 0) is 14.3 Å². The summed E-state index contributed by atoms with van der Waals surface area (Å²) < 4.78 is 5.07. The van der Waals surface area contributed by atoms with Gasteiger partial charge >= 0.3 is 5.97 Å². The predicted molar refractivity (Wildman–Crippen MR) is 89.1 cm³/mol. The van der Waals surface area contributed by atoms with E-state index in [-0.39, 0.29) is 18.5 Å². The standard InChI is InChI=1S/C17H31N3O3/c1-18(2)16(21)13-23-17(22)12-14-4-10-20(11-5-14)15-6-8-19(3)9-7-15/h14-15H,4-13H2,1-3H3. The number of esters is 1. The Morgan fingerprint density at radius 3 is 2.22 bits per heavy atom. The van der Waals surface area contributed by atoms with Gasteiger partial charge in [0.05, 0.1) is 0 Å². The molecule has 0 spiro atoms. The van der Waals surface area contributed by atoms with E-state index in [1.54, 1.807) is 14.1 Å². The minimum Gasteiger partial charge on any atom is -0.456 e. The highest BCUT2D eigenvalue weighted by Crippen LogP contribution is 2.25. The summed E-state index contributed by atoms with van der Waals surface area (Å²) in [6.45, 7) is 4.42. The van der Waals surface area contributed by atoms with Crippen molar-refractivity contribution in [2.75, 3.05) is 53.9 Å². The van der Waals surface area contributed by atoms with E-state index in [1.807, 2.05) is 0 Å². The summed E-state index contributed by atoms with van der Waals surface area (Å²) in [5.74, 6) is -0.00662. The van der Waals surface area contributed by atoms with Gasteiger partial charge < -0.3 is 19.4 Å². The second-order valence-electron chi connectivity index (χ2n) is 7.17. The molecular weight excluding hydrogens is 294 g/mol. The lowest BCUT2D eigenvalue weighted by molar-refractivity contribution is -0.152. The smallest absolute Gasteiger partial charge is 0.306 e. The monoisotopic (exact) mass is 325 g/mol. The molecule has 0 N–H and O–H groups in total. The fourth-order valence-corrected chi connectivity index (χ4v) is 3.45. The Hall–Kier alpha value is -1.14. The van der Waals surface area contributed by atoms with Gasteiger partial charge in [-0.15, -0.1) is 0 Å². The van der Waals surface area contributed by atoms with E-state index >= 15 is 0 Å². The third-order valence-corrected chi connectivity index (χ3v) is 5.16. The van der Waals surface area contributed by atoms with Crippen LogP contribution in [0.3, 0.4) is 0 Å². The Bertz CT molecular complexity index is 398. The Balaban J connectivity index is 1.64. The van der Waals surface area contributed by atoms with E-state index in [0.717, 1.165) is 32.0 Å². The molecule has 6 nitrogen and oxygen atoms in total. The number of hydrogen-bond acceptors (Lipinski definition) is 5. The van der Waals surface area contributed by atoms with E-state index in [2.05, 4.69) is 16.8 Å². The van der Waals surface area contributed by atoms with Crippen LogP contribution in [0.1, 0.15) is 32.1 Å². The van der Waals surface area contributed by atoms with E-state index in [0.29, 0.717) is 12.3 Å². The maximum atomic E-state index is 11.8. The zero-order valence-corrected chi connectivity index (χ0v) is 14.8. The van der Waals surface area contributed by atoms with Crippen LogP contribution in [0, 0.1) is 5.92 Å². The van der Waals surface area contributed by atoms with E-state index < -0.39 is 0 Å². The molecule has 0 aromatic heterocycles. The van der Waals surface area contributed by atoms with Gasteiger partial charge in [0.25, 0.3) is 5.91 Å². The molecule has 2 fully saturated rings. The molecule has 2 rings (SSSR count). The molecular formula is C17H31N3O3. The zero-order valence-electron chi connectivity index (χ0n) is 14.8. The molecule has 0 unspecified atom stereocenters. The molecule has 6 heteroatoms. The van der Waals surface area contributed by atoms with E-state index in [9.17, 15) is 9.59 Å². The molecule has 0 aromatic rings. The van der Waals surface area contributed by atoms with Crippen molar-refractivity contribution in [3.8, 4) is 0 Å². The molecule has 2 aliphatic rings. The highest BCUT2D eigenvalue weighted by molar-refractivity contribution is 5.80. The number of rotatable bonds is 5. The molecule has 2 aliphatic heterocycles. The van der Waals surface area contributed by atoms with Crippen molar-refractivity contribution in [2.24, 2.45) is 5.92 Å². The summed E-state index contributed by atoms with van der Waals surface area (Å²) in [6, 6.07) is 0.719. The van der Waals surface area contributed by atoms with E-state index in [4.69, 9.17) is 4.74 Å². The van der Waals surface area contributed by atoms with Crippen molar-refractivity contribution in [3.05, 3.63) is 0 Å². The van der Waals surface area contributed by atoms with Gasteiger partial charge in [0.1, 0.15) is 0 Å². The highest BCUT2D eigenvalue weighted by atomic mass is 16.5. The van der Waals surface area contributed by atoms with Crippen LogP contribution in [0.15, 0.2) is 0 Å². The first-order valence-electron chi connectivity index (χ1n) is 8.74. The number of likely N-dealkylation sites (tertiary alicyclic amines) is 2. The SMILES string of the molecule is CN1CCC(N2CCC(CC(=O)OCC(=O)N(C)C)CC2)CC1. The fourth-order valence-electron chi connectivity index (χ4n) is 3.45. The van der Waals surface area contributed by atoms with Crippen LogP contribution in [0.4, 0.5) is 0 Å². The second-order valence-corrected chi connectivity index (χ2v) is 7.17. The molecule has 1 amide bonds. The lowest BCUT2D eigenvalue weighted by atomic mass is 9.91. The second kappa shape index (κ2) is 8.64. The summed E-state index contributed by atoms with van der Waals surface area (Å²) in [6.07, 6.45) is 5.08. The normalized spacial score (nSPS) is 22.0. The summed E-state index contributed by atoms with van der Waals surface area (Å²) in [4.78, 5) is 29.7. The molecule has 2 saturated heterocycles. The quantitative estimate of drug-likeness (QED) is 0.700.